The van der Waals surface area contributed by atoms with E-state index < -0.39 is 28.0 Å². The molecule has 1 unspecified atom stereocenters. The number of sulfonamides is 1. The standard InChI is InChI=1S/C19H22N6O5S/c1-11-16(12(2)25-19(23-11)21-10-22-25)8-9-17(26)30-13(3)18(27)24-14-4-6-15(7-5-14)31(20,28)29/h4-7,10,13H,8-9H2,1-3H3,(H,24,27)(H2,20,28,29). The van der Waals surface area contributed by atoms with Crippen LogP contribution in [0.3, 0.4) is 0 Å². The number of rotatable bonds is 7. The minimum atomic E-state index is -3.82. The summed E-state index contributed by atoms with van der Waals surface area (Å²) in [6.07, 6.45) is 0.811. The van der Waals surface area contributed by atoms with Gasteiger partial charge in [0, 0.05) is 23.5 Å². The quantitative estimate of drug-likeness (QED) is 0.506. The summed E-state index contributed by atoms with van der Waals surface area (Å²) in [7, 11) is -3.82. The molecule has 1 aromatic carbocycles. The topological polar surface area (TPSA) is 159 Å². The first-order valence-corrected chi connectivity index (χ1v) is 10.9. The Morgan fingerprint density at radius 1 is 1.23 bits per heavy atom. The number of esters is 1. The zero-order valence-corrected chi connectivity index (χ0v) is 18.0. The lowest BCUT2D eigenvalue weighted by atomic mass is 10.1. The van der Waals surface area contributed by atoms with Crippen molar-refractivity contribution in [2.75, 3.05) is 5.32 Å². The number of amides is 1. The van der Waals surface area contributed by atoms with Gasteiger partial charge in [0.25, 0.3) is 11.7 Å². The largest absolute Gasteiger partial charge is 0.453 e. The fourth-order valence-corrected chi connectivity index (χ4v) is 3.54. The van der Waals surface area contributed by atoms with E-state index in [0.717, 1.165) is 17.0 Å². The summed E-state index contributed by atoms with van der Waals surface area (Å²) in [5, 5.41) is 11.7. The summed E-state index contributed by atoms with van der Waals surface area (Å²) in [6.45, 7) is 5.15. The first kappa shape index (κ1) is 22.3. The summed E-state index contributed by atoms with van der Waals surface area (Å²) in [5.41, 5.74) is 2.79. The number of benzene rings is 1. The second kappa shape index (κ2) is 8.78. The summed E-state index contributed by atoms with van der Waals surface area (Å²) in [5.74, 6) is -0.594. The number of nitrogens with two attached hydrogens (primary N) is 1. The molecule has 2 aromatic heterocycles. The van der Waals surface area contributed by atoms with E-state index >= 15 is 0 Å². The third-order valence-electron chi connectivity index (χ3n) is 4.70. The predicted molar refractivity (Wildman–Crippen MR) is 111 cm³/mol. The van der Waals surface area contributed by atoms with Crippen molar-refractivity contribution in [1.29, 1.82) is 0 Å². The van der Waals surface area contributed by atoms with Gasteiger partial charge in [0.15, 0.2) is 6.10 Å². The molecule has 0 fully saturated rings. The van der Waals surface area contributed by atoms with Crippen molar-refractivity contribution in [2.45, 2.75) is 44.6 Å². The van der Waals surface area contributed by atoms with Gasteiger partial charge in [-0.1, -0.05) is 0 Å². The molecule has 0 aliphatic carbocycles. The molecule has 31 heavy (non-hydrogen) atoms. The average molecular weight is 446 g/mol. The smallest absolute Gasteiger partial charge is 0.306 e. The predicted octanol–water partition coefficient (Wildman–Crippen LogP) is 0.892. The molecule has 0 spiro atoms. The normalized spacial score (nSPS) is 12.5. The number of nitrogens with zero attached hydrogens (tertiary/aromatic N) is 4. The highest BCUT2D eigenvalue weighted by atomic mass is 32.2. The van der Waals surface area contributed by atoms with E-state index in [4.69, 9.17) is 9.88 Å². The van der Waals surface area contributed by atoms with Crippen LogP contribution < -0.4 is 10.5 Å². The lowest BCUT2D eigenvalue weighted by Gasteiger charge is -2.14. The maximum atomic E-state index is 12.3. The number of anilines is 1. The Bertz CT molecular complexity index is 1240. The van der Waals surface area contributed by atoms with Gasteiger partial charge < -0.3 is 10.1 Å². The number of carbonyl (C=O) groups is 2. The van der Waals surface area contributed by atoms with E-state index in [2.05, 4.69) is 20.4 Å². The van der Waals surface area contributed by atoms with Gasteiger partial charge in [-0.25, -0.2) is 23.1 Å². The minimum Gasteiger partial charge on any atom is -0.453 e. The van der Waals surface area contributed by atoms with Crippen molar-refractivity contribution in [2.24, 2.45) is 5.14 Å². The third-order valence-corrected chi connectivity index (χ3v) is 5.62. The van der Waals surface area contributed by atoms with Crippen LogP contribution in [-0.2, 0) is 30.8 Å². The van der Waals surface area contributed by atoms with Crippen LogP contribution in [0.25, 0.3) is 5.78 Å². The molecule has 0 saturated carbocycles. The van der Waals surface area contributed by atoms with Crippen LogP contribution in [-0.4, -0.2) is 46.0 Å². The van der Waals surface area contributed by atoms with E-state index in [1.807, 2.05) is 13.8 Å². The molecule has 3 rings (SSSR count). The Kier molecular flexibility index (Phi) is 6.32. The Morgan fingerprint density at radius 3 is 2.55 bits per heavy atom. The second-order valence-corrected chi connectivity index (χ2v) is 8.49. The molecule has 0 radical (unpaired) electrons. The van der Waals surface area contributed by atoms with E-state index in [1.54, 1.807) is 4.52 Å². The fourth-order valence-electron chi connectivity index (χ4n) is 3.03. The van der Waals surface area contributed by atoms with E-state index in [1.165, 1.54) is 37.5 Å². The Hall–Kier alpha value is -3.38. The molecule has 3 aromatic rings. The van der Waals surface area contributed by atoms with Gasteiger partial charge in [0.05, 0.1) is 4.90 Å². The van der Waals surface area contributed by atoms with Crippen molar-refractivity contribution in [1.82, 2.24) is 19.6 Å². The second-order valence-electron chi connectivity index (χ2n) is 6.92. The van der Waals surface area contributed by atoms with E-state index in [-0.39, 0.29) is 11.3 Å². The molecule has 1 amide bonds. The molecule has 0 aliphatic heterocycles. The number of hydrogen-bond donors (Lipinski definition) is 2. The van der Waals surface area contributed by atoms with Crippen LogP contribution in [0.15, 0.2) is 35.5 Å². The SMILES string of the molecule is Cc1nc2ncnn2c(C)c1CCC(=O)OC(C)C(=O)Nc1ccc(S(N)(=O)=O)cc1. The van der Waals surface area contributed by atoms with Crippen molar-refractivity contribution in [3.63, 3.8) is 0 Å². The summed E-state index contributed by atoms with van der Waals surface area (Å²) in [4.78, 5) is 32.8. The van der Waals surface area contributed by atoms with E-state index in [0.29, 0.717) is 17.9 Å². The molecule has 1 atom stereocenters. The highest BCUT2D eigenvalue weighted by Gasteiger charge is 2.19. The van der Waals surface area contributed by atoms with Crippen LogP contribution in [0.1, 0.15) is 30.3 Å². The lowest BCUT2D eigenvalue weighted by molar-refractivity contribution is -0.153. The maximum absolute atomic E-state index is 12.3. The molecule has 0 aliphatic rings. The lowest BCUT2D eigenvalue weighted by Crippen LogP contribution is -2.30. The maximum Gasteiger partial charge on any atom is 0.306 e. The van der Waals surface area contributed by atoms with Gasteiger partial charge in [-0.3, -0.25) is 9.59 Å². The van der Waals surface area contributed by atoms with Crippen LogP contribution in [0.5, 0.6) is 0 Å². The number of carbonyl (C=O) groups excluding carboxylic acids is 2. The van der Waals surface area contributed by atoms with Gasteiger partial charge in [-0.2, -0.15) is 10.1 Å². The monoisotopic (exact) mass is 446 g/mol. The van der Waals surface area contributed by atoms with Crippen LogP contribution in [0.2, 0.25) is 0 Å². The van der Waals surface area contributed by atoms with E-state index in [9.17, 15) is 18.0 Å². The van der Waals surface area contributed by atoms with Crippen molar-refractivity contribution in [3.05, 3.63) is 47.5 Å². The van der Waals surface area contributed by atoms with Crippen molar-refractivity contribution >= 4 is 33.4 Å². The van der Waals surface area contributed by atoms with Gasteiger partial charge in [-0.15, -0.1) is 0 Å². The summed E-state index contributed by atoms with van der Waals surface area (Å²) < 4.78 is 29.4. The van der Waals surface area contributed by atoms with Gasteiger partial charge >= 0.3 is 5.97 Å². The van der Waals surface area contributed by atoms with Crippen LogP contribution in [0.4, 0.5) is 5.69 Å². The fraction of sp³-hybridized carbons (Fsp3) is 0.316. The van der Waals surface area contributed by atoms with Crippen molar-refractivity contribution in [3.8, 4) is 0 Å². The van der Waals surface area contributed by atoms with Gasteiger partial charge in [-0.05, 0) is 57.0 Å². The van der Waals surface area contributed by atoms with Crippen molar-refractivity contribution < 1.29 is 22.7 Å². The third kappa shape index (κ3) is 5.22. The number of aryl methyl sites for hydroxylation is 2. The Morgan fingerprint density at radius 2 is 1.90 bits per heavy atom. The molecule has 12 heteroatoms. The molecule has 0 saturated heterocycles. The van der Waals surface area contributed by atoms with Crippen LogP contribution in [0, 0.1) is 13.8 Å². The number of aromatic nitrogens is 4. The molecular weight excluding hydrogens is 424 g/mol. The number of fused-ring (bicyclic) bond motifs is 1. The molecular formula is C19H22N6O5S. The molecule has 2 heterocycles. The Labute approximate surface area is 178 Å². The minimum absolute atomic E-state index is 0.0598. The number of ether oxygens (including phenoxy) is 1. The Balaban J connectivity index is 1.56. The number of hydrogen-bond acceptors (Lipinski definition) is 8. The summed E-state index contributed by atoms with van der Waals surface area (Å²) >= 11 is 0. The highest BCUT2D eigenvalue weighted by molar-refractivity contribution is 7.89. The molecule has 11 nitrogen and oxygen atoms in total. The molecule has 164 valence electrons. The zero-order chi connectivity index (χ0) is 22.8. The molecule has 0 bridgehead atoms. The number of primary sulfonamides is 1. The number of nitrogens with one attached hydrogen (secondary N) is 1. The zero-order valence-electron chi connectivity index (χ0n) is 17.2. The molecule has 3 N–H and O–H groups in total. The summed E-state index contributed by atoms with van der Waals surface area (Å²) in [6, 6.07) is 5.33. The first-order chi connectivity index (χ1) is 14.6. The van der Waals surface area contributed by atoms with Crippen LogP contribution >= 0.6 is 0 Å². The first-order valence-electron chi connectivity index (χ1n) is 9.35. The van der Waals surface area contributed by atoms with Gasteiger partial charge in [0.1, 0.15) is 6.33 Å². The van der Waals surface area contributed by atoms with Gasteiger partial charge in [0.2, 0.25) is 10.0 Å². The average Bonchev–Trinajstić information content (AvgIpc) is 3.16. The highest BCUT2D eigenvalue weighted by Crippen LogP contribution is 2.16.